The highest BCUT2D eigenvalue weighted by Crippen LogP contribution is 2.40. The molecule has 0 spiro atoms. The topological polar surface area (TPSA) is 60.8 Å². The average molecular weight is 610 g/mol. The van der Waals surface area contributed by atoms with E-state index in [4.69, 9.17) is 19.7 Å². The largest absolute Gasteiger partial charge is 0.451 e. The highest BCUT2D eigenvalue weighted by molar-refractivity contribution is 9.10. The molecule has 186 valence electrons. The number of pyridine rings is 4. The first-order valence-corrected chi connectivity index (χ1v) is 13.4. The van der Waals surface area contributed by atoms with E-state index in [1.807, 2.05) is 72.8 Å². The second kappa shape index (κ2) is 10.0. The predicted octanol–water partition coefficient (Wildman–Crippen LogP) is 7.76. The molecular weight excluding hydrogens is 580 g/mol. The zero-order valence-corrected chi connectivity index (χ0v) is 24.6. The normalized spacial score (nSPS) is 12.4. The molecule has 4 aromatic rings. The van der Waals surface area contributed by atoms with Gasteiger partial charge in [-0.3, -0.25) is 9.97 Å². The van der Waals surface area contributed by atoms with Crippen LogP contribution in [0.5, 0.6) is 5.88 Å². The summed E-state index contributed by atoms with van der Waals surface area (Å²) < 4.78 is 8.24. The molecule has 0 aliphatic carbocycles. The Hall–Kier alpha value is -2.64. The van der Waals surface area contributed by atoms with Gasteiger partial charge in [0.15, 0.2) is 0 Å². The van der Waals surface area contributed by atoms with Crippen molar-refractivity contribution in [3.63, 3.8) is 0 Å². The Balaban J connectivity index is 2.11. The van der Waals surface area contributed by atoms with Crippen LogP contribution < -0.4 is 4.74 Å². The Morgan fingerprint density at radius 3 is 1.33 bits per heavy atom. The maximum absolute atomic E-state index is 6.88. The van der Waals surface area contributed by atoms with Gasteiger partial charge in [-0.25, -0.2) is 9.97 Å². The van der Waals surface area contributed by atoms with E-state index in [1.165, 1.54) is 0 Å². The predicted molar refractivity (Wildman–Crippen MR) is 150 cm³/mol. The zero-order chi connectivity index (χ0) is 26.1. The summed E-state index contributed by atoms with van der Waals surface area (Å²) in [5, 5.41) is 0. The van der Waals surface area contributed by atoms with Gasteiger partial charge in [-0.1, -0.05) is 65.8 Å². The first-order chi connectivity index (χ1) is 16.9. The summed E-state index contributed by atoms with van der Waals surface area (Å²) in [6, 6.07) is 23.4. The summed E-state index contributed by atoms with van der Waals surface area (Å²) in [6.45, 7) is 12.9. The summed E-state index contributed by atoms with van der Waals surface area (Å²) in [5.41, 5.74) is 2.30. The summed E-state index contributed by atoms with van der Waals surface area (Å²) in [5.74, 6) is 0.428. The molecule has 4 rings (SSSR count). The molecule has 0 saturated heterocycles. The molecule has 7 heteroatoms. The van der Waals surface area contributed by atoms with Gasteiger partial charge in [-0.15, -0.1) is 0 Å². The van der Waals surface area contributed by atoms with Gasteiger partial charge >= 0.3 is 0 Å². The molecule has 36 heavy (non-hydrogen) atoms. The van der Waals surface area contributed by atoms with Crippen LogP contribution in [-0.4, -0.2) is 19.9 Å². The number of ether oxygens (including phenoxy) is 1. The standard InChI is InChI=1S/C29H30Br2N4O/c1-27(2,3)19-11-7-13-21(32-19)29(23-15-9-16-24(30)34-23,36-26-18-10-17-25(31)35-26)22-14-8-12-20(33-22)28(4,5)6/h7-18H,1-6H3. The first-order valence-electron chi connectivity index (χ1n) is 11.8. The van der Waals surface area contributed by atoms with E-state index in [9.17, 15) is 0 Å². The molecule has 0 radical (unpaired) electrons. The van der Waals surface area contributed by atoms with E-state index in [0.29, 0.717) is 32.2 Å². The first kappa shape index (κ1) is 26.4. The highest BCUT2D eigenvalue weighted by Gasteiger charge is 2.45. The Kier molecular flexibility index (Phi) is 7.35. The van der Waals surface area contributed by atoms with Crippen molar-refractivity contribution in [3.05, 3.63) is 110 Å². The fourth-order valence-corrected chi connectivity index (χ4v) is 4.53. The Labute approximate surface area is 230 Å². The van der Waals surface area contributed by atoms with E-state index < -0.39 is 5.60 Å². The summed E-state index contributed by atoms with van der Waals surface area (Å²) in [7, 11) is 0. The van der Waals surface area contributed by atoms with E-state index in [2.05, 4.69) is 78.4 Å². The third-order valence-electron chi connectivity index (χ3n) is 5.78. The lowest BCUT2D eigenvalue weighted by Crippen LogP contribution is -2.40. The third kappa shape index (κ3) is 5.52. The SMILES string of the molecule is CC(C)(C)c1cccc(C(Oc2cccc(Br)n2)(c2cccc(Br)n2)c2cccc(C(C)(C)C)n2)n1. The van der Waals surface area contributed by atoms with Crippen LogP contribution in [0.15, 0.2) is 82.0 Å². The quantitative estimate of drug-likeness (QED) is 0.216. The van der Waals surface area contributed by atoms with Gasteiger partial charge in [0, 0.05) is 28.3 Å². The molecule has 4 aromatic heterocycles. The fraction of sp³-hybridized carbons (Fsp3) is 0.310. The van der Waals surface area contributed by atoms with Crippen molar-refractivity contribution in [3.8, 4) is 5.88 Å². The van der Waals surface area contributed by atoms with Gasteiger partial charge in [0.05, 0.1) is 17.1 Å². The Morgan fingerprint density at radius 1 is 0.500 bits per heavy atom. The van der Waals surface area contributed by atoms with Crippen LogP contribution in [0.2, 0.25) is 0 Å². The molecule has 0 fully saturated rings. The van der Waals surface area contributed by atoms with Gasteiger partial charge in [0.2, 0.25) is 11.5 Å². The maximum Gasteiger partial charge on any atom is 0.236 e. The number of hydrogen-bond acceptors (Lipinski definition) is 5. The van der Waals surface area contributed by atoms with Crippen LogP contribution in [0, 0.1) is 0 Å². The Morgan fingerprint density at radius 2 is 0.889 bits per heavy atom. The number of rotatable bonds is 5. The lowest BCUT2D eigenvalue weighted by atomic mass is 9.85. The van der Waals surface area contributed by atoms with Gasteiger partial charge in [0.1, 0.15) is 9.21 Å². The van der Waals surface area contributed by atoms with Crippen molar-refractivity contribution in [2.24, 2.45) is 0 Å². The zero-order valence-electron chi connectivity index (χ0n) is 21.4. The minimum atomic E-state index is -1.26. The van der Waals surface area contributed by atoms with E-state index >= 15 is 0 Å². The van der Waals surface area contributed by atoms with Crippen molar-refractivity contribution in [1.82, 2.24) is 19.9 Å². The molecule has 0 bridgehead atoms. The third-order valence-corrected chi connectivity index (χ3v) is 6.66. The van der Waals surface area contributed by atoms with E-state index in [1.54, 1.807) is 0 Å². The maximum atomic E-state index is 6.88. The van der Waals surface area contributed by atoms with Gasteiger partial charge < -0.3 is 4.74 Å². The van der Waals surface area contributed by atoms with Crippen molar-refractivity contribution in [2.45, 2.75) is 58.0 Å². The number of halogens is 2. The number of hydrogen-bond donors (Lipinski definition) is 0. The molecule has 0 aliphatic rings. The monoisotopic (exact) mass is 608 g/mol. The molecule has 0 unspecified atom stereocenters. The summed E-state index contributed by atoms with van der Waals surface area (Å²) in [6.07, 6.45) is 0. The molecule has 0 aromatic carbocycles. The van der Waals surface area contributed by atoms with E-state index in [0.717, 1.165) is 11.4 Å². The highest BCUT2D eigenvalue weighted by atomic mass is 79.9. The smallest absolute Gasteiger partial charge is 0.236 e. The summed E-state index contributed by atoms with van der Waals surface area (Å²) >= 11 is 7.04. The van der Waals surface area contributed by atoms with Crippen molar-refractivity contribution in [1.29, 1.82) is 0 Å². The van der Waals surface area contributed by atoms with Crippen LogP contribution in [0.1, 0.15) is 70.0 Å². The summed E-state index contributed by atoms with van der Waals surface area (Å²) in [4.78, 5) is 19.8. The van der Waals surface area contributed by atoms with E-state index in [-0.39, 0.29) is 10.8 Å². The van der Waals surface area contributed by atoms with Crippen LogP contribution in [0.4, 0.5) is 0 Å². The second-order valence-electron chi connectivity index (χ2n) is 10.7. The lowest BCUT2D eigenvalue weighted by Gasteiger charge is -2.34. The molecule has 4 heterocycles. The lowest BCUT2D eigenvalue weighted by molar-refractivity contribution is 0.132. The van der Waals surface area contributed by atoms with Crippen molar-refractivity contribution < 1.29 is 4.74 Å². The van der Waals surface area contributed by atoms with Crippen molar-refractivity contribution in [2.75, 3.05) is 0 Å². The molecule has 0 amide bonds. The molecule has 0 atom stereocenters. The van der Waals surface area contributed by atoms with Crippen LogP contribution in [0.25, 0.3) is 0 Å². The fourth-order valence-electron chi connectivity index (χ4n) is 3.86. The van der Waals surface area contributed by atoms with Gasteiger partial charge in [-0.05, 0) is 74.3 Å². The molecular formula is C29H30Br2N4O. The van der Waals surface area contributed by atoms with Gasteiger partial charge in [0.25, 0.3) is 0 Å². The van der Waals surface area contributed by atoms with Gasteiger partial charge in [-0.2, -0.15) is 0 Å². The van der Waals surface area contributed by atoms with Crippen LogP contribution >= 0.6 is 31.9 Å². The minimum Gasteiger partial charge on any atom is -0.451 e. The van der Waals surface area contributed by atoms with Crippen molar-refractivity contribution >= 4 is 31.9 Å². The molecule has 5 nitrogen and oxygen atoms in total. The average Bonchev–Trinajstić information content (AvgIpc) is 2.82. The number of nitrogens with zero attached hydrogens (tertiary/aromatic N) is 4. The Bertz CT molecular complexity index is 1320. The molecule has 0 aliphatic heterocycles. The van der Waals surface area contributed by atoms with Crippen LogP contribution in [-0.2, 0) is 16.4 Å². The minimum absolute atomic E-state index is 0.166. The second-order valence-corrected chi connectivity index (χ2v) is 12.4. The molecule has 0 saturated carbocycles. The van der Waals surface area contributed by atoms with Crippen LogP contribution in [0.3, 0.4) is 0 Å². The molecule has 0 N–H and O–H groups in total. The number of aromatic nitrogens is 4.